The molecule has 1 amide bonds. The van der Waals surface area contributed by atoms with Crippen molar-refractivity contribution in [3.63, 3.8) is 0 Å². The lowest BCUT2D eigenvalue weighted by molar-refractivity contribution is 0.0945. The predicted octanol–water partition coefficient (Wildman–Crippen LogP) is 2.92. The van der Waals surface area contributed by atoms with Gasteiger partial charge in [0.15, 0.2) is 5.69 Å². The maximum absolute atomic E-state index is 12.3. The molecule has 1 N–H and O–H groups in total. The van der Waals surface area contributed by atoms with E-state index < -0.39 is 0 Å². The van der Waals surface area contributed by atoms with Crippen LogP contribution in [0.4, 0.5) is 0 Å². The van der Waals surface area contributed by atoms with Crippen LogP contribution in [0.15, 0.2) is 71.3 Å². The Bertz CT molecular complexity index is 903. The highest BCUT2D eigenvalue weighted by Crippen LogP contribution is 2.12. The average molecular weight is 390 g/mol. The molecule has 1 aliphatic heterocycles. The second kappa shape index (κ2) is 9.49. The molecule has 0 radical (unpaired) electrons. The number of oxazole rings is 1. The minimum Gasteiger partial charge on any atom is -0.447 e. The zero-order valence-electron chi connectivity index (χ0n) is 16.5. The van der Waals surface area contributed by atoms with Gasteiger partial charge in [-0.15, -0.1) is 0 Å². The van der Waals surface area contributed by atoms with E-state index in [0.717, 1.165) is 38.3 Å². The van der Waals surface area contributed by atoms with Crippen LogP contribution in [0.25, 0.3) is 0 Å². The van der Waals surface area contributed by atoms with E-state index >= 15 is 0 Å². The third-order valence-corrected chi connectivity index (χ3v) is 5.15. The van der Waals surface area contributed by atoms with E-state index in [-0.39, 0.29) is 5.91 Å². The van der Waals surface area contributed by atoms with E-state index in [1.165, 1.54) is 11.8 Å². The molecule has 0 saturated carbocycles. The van der Waals surface area contributed by atoms with Gasteiger partial charge in [-0.25, -0.2) is 4.98 Å². The van der Waals surface area contributed by atoms with Crippen LogP contribution in [0.2, 0.25) is 0 Å². The van der Waals surface area contributed by atoms with Crippen molar-refractivity contribution < 1.29 is 9.21 Å². The predicted molar refractivity (Wildman–Crippen MR) is 111 cm³/mol. The van der Waals surface area contributed by atoms with Crippen LogP contribution >= 0.6 is 0 Å². The van der Waals surface area contributed by atoms with Crippen molar-refractivity contribution in [2.24, 2.45) is 0 Å². The van der Waals surface area contributed by atoms with E-state index in [1.54, 1.807) is 0 Å². The number of nitrogens with zero attached hydrogens (tertiary/aromatic N) is 3. The Balaban J connectivity index is 1.23. The fraction of sp³-hybridized carbons (Fsp3) is 0.304. The van der Waals surface area contributed by atoms with E-state index in [9.17, 15) is 4.79 Å². The van der Waals surface area contributed by atoms with Crippen molar-refractivity contribution in [2.45, 2.75) is 19.6 Å². The summed E-state index contributed by atoms with van der Waals surface area (Å²) in [6.45, 7) is 6.05. The molecule has 0 unspecified atom stereocenters. The van der Waals surface area contributed by atoms with Crippen LogP contribution in [-0.2, 0) is 19.6 Å². The van der Waals surface area contributed by atoms with Gasteiger partial charge in [0.2, 0.25) is 5.89 Å². The summed E-state index contributed by atoms with van der Waals surface area (Å²) in [5.74, 6) is 0.378. The topological polar surface area (TPSA) is 61.6 Å². The first-order valence-corrected chi connectivity index (χ1v) is 10.0. The summed E-state index contributed by atoms with van der Waals surface area (Å²) in [6.07, 6.45) is 1.45. The molecular formula is C23H26N4O2. The summed E-state index contributed by atoms with van der Waals surface area (Å²) < 4.78 is 5.54. The summed E-state index contributed by atoms with van der Waals surface area (Å²) in [5.41, 5.74) is 2.73. The Morgan fingerprint density at radius 1 is 0.862 bits per heavy atom. The second-order valence-electron chi connectivity index (χ2n) is 7.33. The Morgan fingerprint density at radius 2 is 1.45 bits per heavy atom. The number of hydrogen-bond donors (Lipinski definition) is 1. The van der Waals surface area contributed by atoms with Crippen LogP contribution < -0.4 is 5.32 Å². The molecule has 2 heterocycles. The number of benzene rings is 2. The minimum absolute atomic E-state index is 0.212. The summed E-state index contributed by atoms with van der Waals surface area (Å²) in [7, 11) is 0. The first-order valence-electron chi connectivity index (χ1n) is 10.0. The molecule has 6 heteroatoms. The molecule has 0 spiro atoms. The second-order valence-corrected chi connectivity index (χ2v) is 7.33. The Hall–Kier alpha value is -2.96. The van der Waals surface area contributed by atoms with Gasteiger partial charge in [0.25, 0.3) is 5.91 Å². The SMILES string of the molecule is O=C(NCc1ccccc1)c1coc(CN2CCN(Cc3ccccc3)CC2)n1. The number of piperazine rings is 1. The molecule has 0 bridgehead atoms. The molecule has 0 aliphatic carbocycles. The quantitative estimate of drug-likeness (QED) is 0.672. The minimum atomic E-state index is -0.212. The Labute approximate surface area is 171 Å². The highest BCUT2D eigenvalue weighted by Gasteiger charge is 2.20. The third-order valence-electron chi connectivity index (χ3n) is 5.15. The molecule has 1 aliphatic rings. The van der Waals surface area contributed by atoms with Gasteiger partial charge in [0.1, 0.15) is 6.26 Å². The van der Waals surface area contributed by atoms with Gasteiger partial charge in [-0.2, -0.15) is 0 Å². The number of hydrogen-bond acceptors (Lipinski definition) is 5. The van der Waals surface area contributed by atoms with Crippen LogP contribution in [0.1, 0.15) is 27.5 Å². The Kier molecular flexibility index (Phi) is 6.34. The zero-order valence-corrected chi connectivity index (χ0v) is 16.5. The molecule has 1 fully saturated rings. The number of amides is 1. The maximum Gasteiger partial charge on any atom is 0.273 e. The number of rotatable bonds is 7. The van der Waals surface area contributed by atoms with Crippen LogP contribution in [-0.4, -0.2) is 46.9 Å². The fourth-order valence-corrected chi connectivity index (χ4v) is 3.49. The van der Waals surface area contributed by atoms with Crippen molar-refractivity contribution in [1.29, 1.82) is 0 Å². The molecule has 1 saturated heterocycles. The first kappa shape index (κ1) is 19.4. The lowest BCUT2D eigenvalue weighted by atomic mass is 10.2. The van der Waals surface area contributed by atoms with Crippen molar-refractivity contribution in [3.05, 3.63) is 89.6 Å². The lowest BCUT2D eigenvalue weighted by Gasteiger charge is -2.34. The van der Waals surface area contributed by atoms with Gasteiger partial charge >= 0.3 is 0 Å². The van der Waals surface area contributed by atoms with E-state index in [0.29, 0.717) is 24.7 Å². The summed E-state index contributed by atoms with van der Waals surface area (Å²) in [4.78, 5) is 21.4. The monoisotopic (exact) mass is 390 g/mol. The van der Waals surface area contributed by atoms with Crippen molar-refractivity contribution in [1.82, 2.24) is 20.1 Å². The largest absolute Gasteiger partial charge is 0.447 e. The van der Waals surface area contributed by atoms with Crippen LogP contribution in [0.5, 0.6) is 0 Å². The van der Waals surface area contributed by atoms with Gasteiger partial charge in [-0.1, -0.05) is 60.7 Å². The van der Waals surface area contributed by atoms with E-state index in [4.69, 9.17) is 4.42 Å². The van der Waals surface area contributed by atoms with Crippen molar-refractivity contribution in [3.8, 4) is 0 Å². The maximum atomic E-state index is 12.3. The molecule has 29 heavy (non-hydrogen) atoms. The number of carbonyl (C=O) groups excluding carboxylic acids is 1. The summed E-state index contributed by atoms with van der Waals surface area (Å²) in [5, 5.41) is 2.88. The third kappa shape index (κ3) is 5.53. The number of carbonyl (C=O) groups is 1. The standard InChI is InChI=1S/C23H26N4O2/c28-23(24-15-19-7-3-1-4-8-19)21-18-29-22(25-21)17-27-13-11-26(12-14-27)16-20-9-5-2-6-10-20/h1-10,18H,11-17H2,(H,24,28). The molecule has 4 rings (SSSR count). The van der Waals surface area contributed by atoms with Gasteiger partial charge in [-0.3, -0.25) is 14.6 Å². The normalized spacial score (nSPS) is 15.3. The zero-order chi connectivity index (χ0) is 19.9. The molecule has 0 atom stereocenters. The summed E-state index contributed by atoms with van der Waals surface area (Å²) in [6, 6.07) is 20.4. The highest BCUT2D eigenvalue weighted by atomic mass is 16.3. The molecular weight excluding hydrogens is 364 g/mol. The molecule has 1 aromatic heterocycles. The van der Waals surface area contributed by atoms with Crippen molar-refractivity contribution >= 4 is 5.91 Å². The number of nitrogens with one attached hydrogen (secondary N) is 1. The first-order chi connectivity index (χ1) is 14.3. The molecule has 2 aromatic carbocycles. The van der Waals surface area contributed by atoms with Crippen molar-refractivity contribution in [2.75, 3.05) is 26.2 Å². The molecule has 3 aromatic rings. The molecule has 6 nitrogen and oxygen atoms in total. The van der Waals surface area contributed by atoms with Gasteiger partial charge in [0, 0.05) is 39.3 Å². The van der Waals surface area contributed by atoms with Gasteiger partial charge in [-0.05, 0) is 11.1 Å². The van der Waals surface area contributed by atoms with Crippen LogP contribution in [0, 0.1) is 0 Å². The van der Waals surface area contributed by atoms with E-state index in [1.807, 2.05) is 36.4 Å². The van der Waals surface area contributed by atoms with Gasteiger partial charge in [0.05, 0.1) is 6.54 Å². The summed E-state index contributed by atoms with van der Waals surface area (Å²) >= 11 is 0. The lowest BCUT2D eigenvalue weighted by Crippen LogP contribution is -2.45. The fourth-order valence-electron chi connectivity index (χ4n) is 3.49. The van der Waals surface area contributed by atoms with E-state index in [2.05, 4.69) is 44.4 Å². The average Bonchev–Trinajstić information content (AvgIpc) is 3.23. The highest BCUT2D eigenvalue weighted by molar-refractivity contribution is 5.91. The van der Waals surface area contributed by atoms with Crippen LogP contribution in [0.3, 0.4) is 0 Å². The van der Waals surface area contributed by atoms with Gasteiger partial charge < -0.3 is 9.73 Å². The molecule has 150 valence electrons. The smallest absolute Gasteiger partial charge is 0.273 e. The Morgan fingerprint density at radius 3 is 2.10 bits per heavy atom. The number of aromatic nitrogens is 1.